The van der Waals surface area contributed by atoms with Crippen molar-refractivity contribution >= 4 is 15.5 Å². The molecule has 0 heterocycles. The van der Waals surface area contributed by atoms with Crippen LogP contribution in [-0.4, -0.2) is 9.98 Å². The molecule has 0 amide bonds. The number of fused-ring (bicyclic) bond motifs is 1. The van der Waals surface area contributed by atoms with Crippen molar-refractivity contribution < 1.29 is 43.4 Å². The second-order valence-corrected chi connectivity index (χ2v) is 35.5. The second-order valence-electron chi connectivity index (χ2n) is 10.3. The molecule has 0 saturated carbocycles. The van der Waals surface area contributed by atoms with Gasteiger partial charge < -0.3 is 24.8 Å². The van der Waals surface area contributed by atoms with E-state index in [1.165, 1.54) is 42.4 Å². The summed E-state index contributed by atoms with van der Waals surface area (Å²) in [5, 5.41) is 3.19. The summed E-state index contributed by atoms with van der Waals surface area (Å²) in [6.07, 6.45) is 8.40. The van der Waals surface area contributed by atoms with Crippen LogP contribution in [0.5, 0.6) is 0 Å². The minimum Gasteiger partial charge on any atom is -1.00 e. The Bertz CT molecular complexity index is 1160. The second kappa shape index (κ2) is 14.7. The first-order valence-electron chi connectivity index (χ1n) is 13.5. The molecular weight excluding hydrogens is 619 g/mol. The van der Waals surface area contributed by atoms with Crippen LogP contribution >= 0.6 is 0 Å². The van der Waals surface area contributed by atoms with E-state index in [2.05, 4.69) is 102 Å². The van der Waals surface area contributed by atoms with Gasteiger partial charge in [-0.05, 0) is 0 Å². The maximum atomic E-state index is 2.77. The number of hydrogen-bond donors (Lipinski definition) is 0. The van der Waals surface area contributed by atoms with Crippen molar-refractivity contribution in [2.45, 2.75) is 81.4 Å². The smallest absolute Gasteiger partial charge is 1.00 e. The van der Waals surface area contributed by atoms with Gasteiger partial charge >= 0.3 is 219 Å². The van der Waals surface area contributed by atoms with Gasteiger partial charge in [-0.25, -0.2) is 0 Å². The Morgan fingerprint density at radius 1 is 0.778 bits per heavy atom. The summed E-state index contributed by atoms with van der Waals surface area (Å²) in [7, 11) is -1.19. The molecule has 0 spiro atoms. The van der Waals surface area contributed by atoms with Crippen molar-refractivity contribution in [2.75, 3.05) is 0 Å². The third kappa shape index (κ3) is 6.44. The minimum absolute atomic E-state index is 0. The van der Waals surface area contributed by atoms with E-state index in [1.54, 1.807) is 32.8 Å². The molecule has 2 atom stereocenters. The van der Waals surface area contributed by atoms with Gasteiger partial charge in [0.2, 0.25) is 0 Å². The van der Waals surface area contributed by atoms with Gasteiger partial charge in [0.1, 0.15) is 0 Å². The standard InChI is InChI=1S/C15H11.C9H13.C8H18Ge.2ClH.Zr/c1-2-6-12(7-3-1)15-11-10-13-8-4-5-9-14(13)15;1-6-5-7(2)9(4)8(6)3;1-3-5-7-9-8-6-4-2;;;/h1-11H;6H,1-4H3;3-8H2,1-2H3;2*1H;/q;;;;;+2/p-2. The van der Waals surface area contributed by atoms with Crippen LogP contribution in [0.2, 0.25) is 10.5 Å². The Balaban J connectivity index is 0.00000228. The van der Waals surface area contributed by atoms with E-state index in [1.807, 2.05) is 3.28 Å². The average molecular weight is 661 g/mol. The van der Waals surface area contributed by atoms with Crippen molar-refractivity contribution in [1.82, 2.24) is 0 Å². The van der Waals surface area contributed by atoms with Crippen LogP contribution in [0.4, 0.5) is 0 Å². The predicted octanol–water partition coefficient (Wildman–Crippen LogP) is 3.65. The molecule has 2 unspecified atom stereocenters. The van der Waals surface area contributed by atoms with Crippen molar-refractivity contribution in [3.63, 3.8) is 0 Å². The molecule has 192 valence electrons. The third-order valence-electron chi connectivity index (χ3n) is 8.29. The first-order chi connectivity index (χ1) is 16.5. The summed E-state index contributed by atoms with van der Waals surface area (Å²) in [5.74, 6) is 0.682. The van der Waals surface area contributed by atoms with Gasteiger partial charge in [-0.3, -0.25) is 0 Å². The molecule has 4 rings (SSSR count). The van der Waals surface area contributed by atoms with Crippen LogP contribution in [0.25, 0.3) is 5.57 Å². The molecule has 0 saturated heterocycles. The number of unbranched alkanes of at least 4 members (excludes halogenated alkanes) is 2. The molecule has 0 nitrogen and oxygen atoms in total. The van der Waals surface area contributed by atoms with Crippen molar-refractivity contribution in [3.8, 4) is 0 Å². The maximum absolute atomic E-state index is 2.77. The Kier molecular flexibility index (Phi) is 13.0. The molecule has 2 aliphatic rings. The van der Waals surface area contributed by atoms with Crippen molar-refractivity contribution in [2.24, 2.45) is 5.92 Å². The molecule has 2 aromatic carbocycles. The van der Waals surface area contributed by atoms with E-state index in [4.69, 9.17) is 0 Å². The van der Waals surface area contributed by atoms with E-state index < -0.39 is 28.6 Å². The first-order valence-corrected chi connectivity index (χ1v) is 26.5. The van der Waals surface area contributed by atoms with Gasteiger partial charge in [-0.15, -0.1) is 0 Å². The van der Waals surface area contributed by atoms with Crippen LogP contribution < -0.4 is 24.8 Å². The monoisotopic (exact) mass is 660 g/mol. The molecule has 0 aromatic heterocycles. The van der Waals surface area contributed by atoms with Crippen LogP contribution in [0.1, 0.15) is 87.5 Å². The Morgan fingerprint density at radius 3 is 1.92 bits per heavy atom. The fourth-order valence-corrected chi connectivity index (χ4v) is 48.7. The number of halogens is 2. The molecule has 4 heteroatoms. The van der Waals surface area contributed by atoms with E-state index in [0.717, 1.165) is 3.63 Å². The zero-order valence-corrected chi connectivity index (χ0v) is 29.0. The fourth-order valence-electron chi connectivity index (χ4n) is 6.02. The van der Waals surface area contributed by atoms with Gasteiger partial charge in [0, 0.05) is 0 Å². The predicted molar refractivity (Wildman–Crippen MR) is 148 cm³/mol. The molecule has 2 aromatic rings. The quantitative estimate of drug-likeness (QED) is 0.361. The molecule has 0 aliphatic heterocycles. The first kappa shape index (κ1) is 31.9. The summed E-state index contributed by atoms with van der Waals surface area (Å²) in [4.78, 5) is 0. The van der Waals surface area contributed by atoms with Crippen LogP contribution in [0.15, 0.2) is 80.7 Å². The molecular formula is C32H42Cl2GeZr. The largest absolute Gasteiger partial charge is 1.00 e. The number of rotatable bonds is 9. The average Bonchev–Trinajstić information content (AvgIpc) is 3.33. The number of hydrogen-bond acceptors (Lipinski definition) is 0. The van der Waals surface area contributed by atoms with Gasteiger partial charge in [0.05, 0.1) is 0 Å². The minimum atomic E-state index is -1.98. The van der Waals surface area contributed by atoms with Gasteiger partial charge in [0.15, 0.2) is 0 Å². The third-order valence-corrected chi connectivity index (χ3v) is 43.3. The van der Waals surface area contributed by atoms with E-state index in [9.17, 15) is 0 Å². The SMILES string of the molecule is CCC[CH2][Ge]([CH2]CCC)=[Zr+2]([C]1=C(C)C(C)=C(C)C1C)[CH]1C=C(c2ccccc2)c2ccccc21.[Cl-].[Cl-]. The molecule has 2 aliphatic carbocycles. The van der Waals surface area contributed by atoms with E-state index >= 15 is 0 Å². The summed E-state index contributed by atoms with van der Waals surface area (Å²) in [5.41, 5.74) is 11.1. The zero-order chi connectivity index (χ0) is 24.2. The maximum Gasteiger partial charge on any atom is -1.00 e. The molecule has 0 fully saturated rings. The number of allylic oxidation sites excluding steroid dienone is 5. The molecule has 0 N–H and O–H groups in total. The summed E-state index contributed by atoms with van der Waals surface area (Å²) < 4.78 is 2.73. The van der Waals surface area contributed by atoms with E-state index in [-0.39, 0.29) is 24.8 Å². The fraction of sp³-hybridized carbons (Fsp3) is 0.438. The Hall–Kier alpha value is -0.334. The molecule has 36 heavy (non-hydrogen) atoms. The summed E-state index contributed by atoms with van der Waals surface area (Å²) >= 11 is -1.98. The Morgan fingerprint density at radius 2 is 1.36 bits per heavy atom. The van der Waals surface area contributed by atoms with Gasteiger partial charge in [0.25, 0.3) is 0 Å². The topological polar surface area (TPSA) is 0 Å². The van der Waals surface area contributed by atoms with Crippen LogP contribution in [-0.2, 0) is 18.6 Å². The van der Waals surface area contributed by atoms with Crippen molar-refractivity contribution in [3.05, 3.63) is 97.4 Å². The van der Waals surface area contributed by atoms with Crippen molar-refractivity contribution in [1.29, 1.82) is 0 Å². The van der Waals surface area contributed by atoms with Gasteiger partial charge in [-0.1, -0.05) is 0 Å². The van der Waals surface area contributed by atoms with Gasteiger partial charge in [-0.2, -0.15) is 0 Å². The van der Waals surface area contributed by atoms with E-state index in [0.29, 0.717) is 5.92 Å². The summed E-state index contributed by atoms with van der Waals surface area (Å²) in [6.45, 7) is 14.6. The Labute approximate surface area is 241 Å². The molecule has 0 bridgehead atoms. The summed E-state index contributed by atoms with van der Waals surface area (Å²) in [6, 6.07) is 20.6. The normalized spacial score (nSPS) is 18.2. The number of benzene rings is 2. The molecule has 0 radical (unpaired) electrons. The zero-order valence-electron chi connectivity index (χ0n) is 22.9. The van der Waals surface area contributed by atoms with Crippen LogP contribution in [0.3, 0.4) is 0 Å². The van der Waals surface area contributed by atoms with Crippen LogP contribution in [0, 0.1) is 5.92 Å².